The van der Waals surface area contributed by atoms with Crippen molar-refractivity contribution in [2.24, 2.45) is 12.8 Å². The van der Waals surface area contributed by atoms with Gasteiger partial charge in [-0.25, -0.2) is 0 Å². The number of pyridine rings is 1. The number of para-hydroxylation sites is 1. The smallest absolute Gasteiger partial charge is 0.313 e. The molecule has 15 heavy (non-hydrogen) atoms. The molecule has 0 fully saturated rings. The topological polar surface area (TPSA) is 47.0 Å². The number of nitrogens with zero attached hydrogens (tertiary/aromatic N) is 1. The number of benzene rings is 1. The van der Waals surface area contributed by atoms with Gasteiger partial charge in [-0.3, -0.25) is 4.79 Å². The zero-order valence-corrected chi connectivity index (χ0v) is 8.82. The maximum Gasteiger partial charge on any atom is 0.313 e. The van der Waals surface area contributed by atoms with Gasteiger partial charge >= 0.3 is 5.91 Å². The first-order valence-corrected chi connectivity index (χ1v) is 4.79. The summed E-state index contributed by atoms with van der Waals surface area (Å²) in [5, 5.41) is 1.14. The van der Waals surface area contributed by atoms with Crippen LogP contribution in [-0.4, -0.2) is 5.91 Å². The Morgan fingerprint density at radius 3 is 2.67 bits per heavy atom. The van der Waals surface area contributed by atoms with Gasteiger partial charge in [0.25, 0.3) is 5.69 Å². The van der Waals surface area contributed by atoms with Gasteiger partial charge in [-0.2, -0.15) is 4.57 Å². The summed E-state index contributed by atoms with van der Waals surface area (Å²) in [5.74, 6) is -0.397. The second-order valence-electron chi connectivity index (χ2n) is 3.65. The van der Waals surface area contributed by atoms with Crippen molar-refractivity contribution in [3.63, 3.8) is 0 Å². The van der Waals surface area contributed by atoms with Crippen LogP contribution in [0, 0.1) is 6.92 Å². The summed E-state index contributed by atoms with van der Waals surface area (Å²) in [6.07, 6.45) is 0. The molecule has 2 N–H and O–H groups in total. The fourth-order valence-corrected chi connectivity index (χ4v) is 1.85. The third-order valence-electron chi connectivity index (χ3n) is 2.66. The van der Waals surface area contributed by atoms with Crippen LogP contribution in [0.1, 0.15) is 16.1 Å². The molecule has 0 radical (unpaired) electrons. The van der Waals surface area contributed by atoms with E-state index in [0.717, 1.165) is 16.5 Å². The standard InChI is InChI=1S/C12H12N2O/c1-8-7-11(12(13)15)14(2)10-6-4-3-5-9(8)10/h3-7H,1-2H3,(H-,13,15)/p+1. The summed E-state index contributed by atoms with van der Waals surface area (Å²) in [4.78, 5) is 11.2. The number of hydrogen-bond acceptors (Lipinski definition) is 1. The summed E-state index contributed by atoms with van der Waals surface area (Å²) in [6, 6.07) is 9.78. The van der Waals surface area contributed by atoms with Gasteiger partial charge in [0.2, 0.25) is 5.52 Å². The minimum Gasteiger partial charge on any atom is -0.360 e. The lowest BCUT2D eigenvalue weighted by atomic mass is 10.1. The fourth-order valence-electron chi connectivity index (χ4n) is 1.85. The van der Waals surface area contributed by atoms with Gasteiger partial charge in [-0.1, -0.05) is 12.1 Å². The maximum atomic E-state index is 11.2. The molecule has 1 aromatic carbocycles. The number of amides is 1. The van der Waals surface area contributed by atoms with Gasteiger partial charge in [0.05, 0.1) is 0 Å². The Balaban J connectivity index is 2.90. The normalized spacial score (nSPS) is 10.5. The molecule has 2 aromatic rings. The third-order valence-corrected chi connectivity index (χ3v) is 2.66. The molecule has 0 atom stereocenters. The van der Waals surface area contributed by atoms with Crippen LogP contribution in [0.3, 0.4) is 0 Å². The SMILES string of the molecule is Cc1cc(C(N)=O)[n+](C)c2ccccc12. The minimum absolute atomic E-state index is 0.397. The van der Waals surface area contributed by atoms with E-state index in [1.54, 1.807) is 0 Å². The molecule has 0 aliphatic heterocycles. The van der Waals surface area contributed by atoms with E-state index in [1.807, 2.05) is 48.9 Å². The first-order chi connectivity index (χ1) is 7.11. The van der Waals surface area contributed by atoms with Gasteiger partial charge in [0, 0.05) is 17.5 Å². The van der Waals surface area contributed by atoms with Crippen molar-refractivity contribution in [3.05, 3.63) is 41.6 Å². The van der Waals surface area contributed by atoms with Crippen molar-refractivity contribution in [3.8, 4) is 0 Å². The maximum absolute atomic E-state index is 11.2. The molecule has 1 amide bonds. The van der Waals surface area contributed by atoms with Crippen molar-refractivity contribution in [1.29, 1.82) is 0 Å². The Morgan fingerprint density at radius 2 is 2.00 bits per heavy atom. The Kier molecular flexibility index (Phi) is 2.15. The number of primary amides is 1. The number of fused-ring (bicyclic) bond motifs is 1. The van der Waals surface area contributed by atoms with Crippen LogP contribution in [0.15, 0.2) is 30.3 Å². The van der Waals surface area contributed by atoms with E-state index in [2.05, 4.69) is 0 Å². The lowest BCUT2D eigenvalue weighted by molar-refractivity contribution is -0.646. The number of aromatic nitrogens is 1. The summed E-state index contributed by atoms with van der Waals surface area (Å²) in [5.41, 5.74) is 7.94. The second-order valence-corrected chi connectivity index (χ2v) is 3.65. The molecule has 0 bridgehead atoms. The van der Waals surface area contributed by atoms with Gasteiger partial charge in [-0.05, 0) is 18.6 Å². The summed E-state index contributed by atoms with van der Waals surface area (Å²) in [6.45, 7) is 1.98. The van der Waals surface area contributed by atoms with Crippen molar-refractivity contribution < 1.29 is 9.36 Å². The minimum atomic E-state index is -0.397. The highest BCUT2D eigenvalue weighted by molar-refractivity contribution is 5.92. The van der Waals surface area contributed by atoms with Gasteiger partial charge in [0.15, 0.2) is 0 Å². The second kappa shape index (κ2) is 3.35. The number of hydrogen-bond donors (Lipinski definition) is 1. The molecule has 0 unspecified atom stereocenters. The molecule has 3 nitrogen and oxygen atoms in total. The highest BCUT2D eigenvalue weighted by atomic mass is 16.1. The van der Waals surface area contributed by atoms with Crippen molar-refractivity contribution in [1.82, 2.24) is 0 Å². The van der Waals surface area contributed by atoms with Crippen molar-refractivity contribution in [2.75, 3.05) is 0 Å². The Bertz CT molecular complexity index is 547. The van der Waals surface area contributed by atoms with Gasteiger partial charge in [0.1, 0.15) is 7.05 Å². The fraction of sp³-hybridized carbons (Fsp3) is 0.167. The predicted molar refractivity (Wildman–Crippen MR) is 58.4 cm³/mol. The van der Waals surface area contributed by atoms with Crippen LogP contribution in [0.25, 0.3) is 10.9 Å². The molecular weight excluding hydrogens is 188 g/mol. The molecule has 0 saturated carbocycles. The molecule has 2 rings (SSSR count). The van der Waals surface area contributed by atoms with Crippen LogP contribution in [0.4, 0.5) is 0 Å². The van der Waals surface area contributed by atoms with Gasteiger partial charge < -0.3 is 5.73 Å². The van der Waals surface area contributed by atoms with Crippen molar-refractivity contribution >= 4 is 16.8 Å². The van der Waals surface area contributed by atoms with Crippen LogP contribution >= 0.6 is 0 Å². The zero-order chi connectivity index (χ0) is 11.0. The lowest BCUT2D eigenvalue weighted by Gasteiger charge is -2.03. The molecule has 1 heterocycles. The molecule has 0 spiro atoms. The molecule has 0 aliphatic rings. The Morgan fingerprint density at radius 1 is 1.33 bits per heavy atom. The largest absolute Gasteiger partial charge is 0.360 e. The number of carbonyl (C=O) groups is 1. The molecular formula is C12H13N2O+. The van der Waals surface area contributed by atoms with E-state index < -0.39 is 5.91 Å². The highest BCUT2D eigenvalue weighted by Gasteiger charge is 2.17. The van der Waals surface area contributed by atoms with Crippen LogP contribution in [-0.2, 0) is 7.05 Å². The van der Waals surface area contributed by atoms with E-state index in [9.17, 15) is 4.79 Å². The predicted octanol–water partition coefficient (Wildman–Crippen LogP) is 1.07. The number of carbonyl (C=O) groups excluding carboxylic acids is 1. The third kappa shape index (κ3) is 1.46. The summed E-state index contributed by atoms with van der Waals surface area (Å²) >= 11 is 0. The molecule has 76 valence electrons. The van der Waals surface area contributed by atoms with Gasteiger partial charge in [-0.15, -0.1) is 0 Å². The van der Waals surface area contributed by atoms with Crippen molar-refractivity contribution in [2.45, 2.75) is 6.92 Å². The average Bonchev–Trinajstić information content (AvgIpc) is 2.23. The van der Waals surface area contributed by atoms with E-state index in [4.69, 9.17) is 5.73 Å². The van der Waals surface area contributed by atoms with E-state index in [-0.39, 0.29) is 0 Å². The number of rotatable bonds is 1. The van der Waals surface area contributed by atoms with Crippen LogP contribution in [0.2, 0.25) is 0 Å². The monoisotopic (exact) mass is 201 g/mol. The highest BCUT2D eigenvalue weighted by Crippen LogP contribution is 2.15. The quantitative estimate of drug-likeness (QED) is 0.689. The number of nitrogens with two attached hydrogens (primary N) is 1. The molecule has 3 heteroatoms. The molecule has 0 aliphatic carbocycles. The van der Waals surface area contributed by atoms with Crippen LogP contribution in [0.5, 0.6) is 0 Å². The average molecular weight is 201 g/mol. The van der Waals surface area contributed by atoms with Crippen LogP contribution < -0.4 is 10.3 Å². The first-order valence-electron chi connectivity index (χ1n) is 4.79. The Labute approximate surface area is 88.1 Å². The summed E-state index contributed by atoms with van der Waals surface area (Å²) < 4.78 is 1.82. The summed E-state index contributed by atoms with van der Waals surface area (Å²) in [7, 11) is 1.85. The van der Waals surface area contributed by atoms with E-state index in [1.165, 1.54) is 0 Å². The number of aryl methyl sites for hydroxylation is 2. The Hall–Kier alpha value is -1.90. The molecule has 1 aromatic heterocycles. The first kappa shape index (κ1) is 9.65. The van der Waals surface area contributed by atoms with E-state index >= 15 is 0 Å². The zero-order valence-electron chi connectivity index (χ0n) is 8.82. The van der Waals surface area contributed by atoms with E-state index in [0.29, 0.717) is 5.69 Å². The molecule has 0 saturated heterocycles. The lowest BCUT2D eigenvalue weighted by Crippen LogP contribution is -2.39.